The number of hydrogen-bond acceptors (Lipinski definition) is 4. The van der Waals surface area contributed by atoms with E-state index in [1.165, 1.54) is 0 Å². The molecule has 1 aromatic carbocycles. The minimum absolute atomic E-state index is 0.285. The van der Waals surface area contributed by atoms with Crippen LogP contribution < -0.4 is 5.32 Å². The van der Waals surface area contributed by atoms with E-state index < -0.39 is 6.09 Å². The van der Waals surface area contributed by atoms with Crippen LogP contribution in [0.25, 0.3) is 21.9 Å². The van der Waals surface area contributed by atoms with Crippen molar-refractivity contribution in [1.82, 2.24) is 19.9 Å². The number of imidazole rings is 1. The van der Waals surface area contributed by atoms with Crippen LogP contribution in [-0.4, -0.2) is 32.8 Å². The first kappa shape index (κ1) is 20.6. The summed E-state index contributed by atoms with van der Waals surface area (Å²) in [5.41, 5.74) is 2.51. The molecule has 3 rings (SSSR count). The van der Waals surface area contributed by atoms with Gasteiger partial charge in [-0.3, -0.25) is 4.98 Å². The average molecular weight is 447 g/mol. The first-order valence-corrected chi connectivity index (χ1v) is 10.5. The molecule has 28 heavy (non-hydrogen) atoms. The molecule has 0 spiro atoms. The minimum atomic E-state index is -0.400. The first-order valence-electron chi connectivity index (χ1n) is 9.67. The Morgan fingerprint density at radius 3 is 2.79 bits per heavy atom. The summed E-state index contributed by atoms with van der Waals surface area (Å²) >= 11 is 3.51. The number of alkyl carbamates (subject to hydrolysis) is 1. The Bertz CT molecular complexity index is 991. The van der Waals surface area contributed by atoms with Crippen molar-refractivity contribution < 1.29 is 9.53 Å². The minimum Gasteiger partial charge on any atom is -0.448 e. The molecule has 150 valence electrons. The monoisotopic (exact) mass is 446 g/mol. The Kier molecular flexibility index (Phi) is 6.23. The van der Waals surface area contributed by atoms with Gasteiger partial charge in [0.05, 0.1) is 23.8 Å². The Balaban J connectivity index is 1.92. The van der Waals surface area contributed by atoms with Crippen molar-refractivity contribution >= 4 is 44.0 Å². The van der Waals surface area contributed by atoms with Crippen molar-refractivity contribution in [2.45, 2.75) is 59.0 Å². The molecule has 0 fully saturated rings. The van der Waals surface area contributed by atoms with Crippen LogP contribution in [0.2, 0.25) is 0 Å². The molecule has 0 saturated carbocycles. The highest BCUT2D eigenvalue weighted by Crippen LogP contribution is 2.27. The SMILES string of the molecule is CCCCc1nc2cnc3cc(Br)ccc3c2n1CCOC(=O)NC(C)(C)C. The molecule has 0 unspecified atom stereocenters. The molecule has 7 heteroatoms. The second-order valence-corrected chi connectivity index (χ2v) is 8.86. The zero-order valence-electron chi connectivity index (χ0n) is 16.9. The maximum atomic E-state index is 12.0. The van der Waals surface area contributed by atoms with E-state index in [0.29, 0.717) is 6.54 Å². The van der Waals surface area contributed by atoms with E-state index in [0.717, 1.165) is 51.5 Å². The average Bonchev–Trinajstić information content (AvgIpc) is 2.96. The predicted molar refractivity (Wildman–Crippen MR) is 116 cm³/mol. The lowest BCUT2D eigenvalue weighted by Gasteiger charge is -2.20. The molecule has 0 atom stereocenters. The number of hydrogen-bond donors (Lipinski definition) is 1. The van der Waals surface area contributed by atoms with Gasteiger partial charge in [0.2, 0.25) is 0 Å². The number of aromatic nitrogens is 3. The molecule has 3 aromatic rings. The molecule has 1 amide bonds. The van der Waals surface area contributed by atoms with Crippen molar-refractivity contribution in [3.8, 4) is 0 Å². The van der Waals surface area contributed by atoms with Gasteiger partial charge in [0, 0.05) is 21.8 Å². The number of fused-ring (bicyclic) bond motifs is 3. The van der Waals surface area contributed by atoms with Gasteiger partial charge in [-0.25, -0.2) is 9.78 Å². The van der Waals surface area contributed by atoms with Gasteiger partial charge >= 0.3 is 6.09 Å². The summed E-state index contributed by atoms with van der Waals surface area (Å²) in [6.07, 6.45) is 4.47. The van der Waals surface area contributed by atoms with Crippen LogP contribution in [0.4, 0.5) is 4.79 Å². The van der Waals surface area contributed by atoms with Gasteiger partial charge in [-0.05, 0) is 45.4 Å². The maximum absolute atomic E-state index is 12.0. The normalized spacial score (nSPS) is 11.9. The largest absolute Gasteiger partial charge is 0.448 e. The zero-order valence-corrected chi connectivity index (χ0v) is 18.5. The van der Waals surface area contributed by atoms with Gasteiger partial charge in [0.15, 0.2) is 0 Å². The lowest BCUT2D eigenvalue weighted by molar-refractivity contribution is 0.133. The molecule has 0 bridgehead atoms. The van der Waals surface area contributed by atoms with Crippen LogP contribution in [0.3, 0.4) is 0 Å². The van der Waals surface area contributed by atoms with E-state index in [4.69, 9.17) is 9.72 Å². The molecule has 6 nitrogen and oxygen atoms in total. The second kappa shape index (κ2) is 8.47. The summed E-state index contributed by atoms with van der Waals surface area (Å²) in [7, 11) is 0. The molecule has 1 N–H and O–H groups in total. The number of nitrogens with zero attached hydrogens (tertiary/aromatic N) is 3. The molecule has 2 heterocycles. The van der Waals surface area contributed by atoms with Crippen molar-refractivity contribution in [1.29, 1.82) is 0 Å². The van der Waals surface area contributed by atoms with Crippen LogP contribution in [-0.2, 0) is 17.7 Å². The summed E-state index contributed by atoms with van der Waals surface area (Å²) in [6, 6.07) is 6.08. The molecule has 0 radical (unpaired) electrons. The first-order chi connectivity index (χ1) is 13.3. The number of rotatable bonds is 6. The maximum Gasteiger partial charge on any atom is 0.407 e. The topological polar surface area (TPSA) is 69.0 Å². The lowest BCUT2D eigenvalue weighted by atomic mass is 10.1. The number of halogens is 1. The molecule has 0 aliphatic heterocycles. The van der Waals surface area contributed by atoms with Crippen molar-refractivity contribution in [2.24, 2.45) is 0 Å². The zero-order chi connectivity index (χ0) is 20.3. The van der Waals surface area contributed by atoms with Gasteiger partial charge < -0.3 is 14.6 Å². The number of nitrogens with one attached hydrogen (secondary N) is 1. The Morgan fingerprint density at radius 2 is 2.07 bits per heavy atom. The smallest absolute Gasteiger partial charge is 0.407 e. The third-order valence-corrected chi connectivity index (χ3v) is 4.89. The fourth-order valence-corrected chi connectivity index (χ4v) is 3.52. The van der Waals surface area contributed by atoms with Crippen LogP contribution >= 0.6 is 15.9 Å². The standard InChI is InChI=1S/C21H27BrN4O2/c1-5-6-7-18-24-17-13-23-16-12-14(22)8-9-15(16)19(17)26(18)10-11-28-20(27)25-21(2,3)4/h8-9,12-13H,5-7,10-11H2,1-4H3,(H,25,27). The van der Waals surface area contributed by atoms with Crippen LogP contribution in [0.5, 0.6) is 0 Å². The van der Waals surface area contributed by atoms with E-state index in [-0.39, 0.29) is 12.1 Å². The number of amides is 1. The summed E-state index contributed by atoms with van der Waals surface area (Å²) in [4.78, 5) is 21.3. The summed E-state index contributed by atoms with van der Waals surface area (Å²) in [5, 5.41) is 3.87. The highest BCUT2D eigenvalue weighted by molar-refractivity contribution is 9.10. The Hall–Kier alpha value is -2.15. The molecule has 2 aromatic heterocycles. The van der Waals surface area contributed by atoms with E-state index in [1.807, 2.05) is 39.1 Å². The Labute approximate surface area is 173 Å². The van der Waals surface area contributed by atoms with Crippen LogP contribution in [0, 0.1) is 0 Å². The number of pyridine rings is 1. The highest BCUT2D eigenvalue weighted by Gasteiger charge is 2.17. The third kappa shape index (κ3) is 4.82. The van der Waals surface area contributed by atoms with Crippen molar-refractivity contribution in [3.63, 3.8) is 0 Å². The number of ether oxygens (including phenoxy) is 1. The van der Waals surface area contributed by atoms with Gasteiger partial charge in [-0.15, -0.1) is 0 Å². The highest BCUT2D eigenvalue weighted by atomic mass is 79.9. The molecule has 0 saturated heterocycles. The quantitative estimate of drug-likeness (QED) is 0.563. The lowest BCUT2D eigenvalue weighted by Crippen LogP contribution is -2.41. The summed E-state index contributed by atoms with van der Waals surface area (Å²) in [5.74, 6) is 1.01. The van der Waals surface area contributed by atoms with Crippen LogP contribution in [0.15, 0.2) is 28.9 Å². The van der Waals surface area contributed by atoms with E-state index in [2.05, 4.69) is 43.8 Å². The van der Waals surface area contributed by atoms with Gasteiger partial charge in [0.1, 0.15) is 17.9 Å². The van der Waals surface area contributed by atoms with E-state index >= 15 is 0 Å². The summed E-state index contributed by atoms with van der Waals surface area (Å²) in [6.45, 7) is 8.80. The molecule has 0 aliphatic carbocycles. The molecular weight excluding hydrogens is 420 g/mol. The number of unbranched alkanes of at least 4 members (excludes halogenated alkanes) is 1. The molecule has 0 aliphatic rings. The number of aryl methyl sites for hydroxylation is 1. The van der Waals surface area contributed by atoms with Crippen molar-refractivity contribution in [3.05, 3.63) is 34.7 Å². The number of benzene rings is 1. The van der Waals surface area contributed by atoms with E-state index in [1.54, 1.807) is 0 Å². The van der Waals surface area contributed by atoms with E-state index in [9.17, 15) is 4.79 Å². The third-order valence-electron chi connectivity index (χ3n) is 4.39. The number of carbonyl (C=O) groups excluding carboxylic acids is 1. The van der Waals surface area contributed by atoms with Crippen molar-refractivity contribution in [2.75, 3.05) is 6.61 Å². The fourth-order valence-electron chi connectivity index (χ4n) is 3.17. The van der Waals surface area contributed by atoms with Gasteiger partial charge in [-0.2, -0.15) is 0 Å². The Morgan fingerprint density at radius 1 is 1.29 bits per heavy atom. The summed E-state index contributed by atoms with van der Waals surface area (Å²) < 4.78 is 8.58. The second-order valence-electron chi connectivity index (χ2n) is 7.95. The molecular formula is C21H27BrN4O2. The van der Waals surface area contributed by atoms with Crippen LogP contribution in [0.1, 0.15) is 46.4 Å². The fraction of sp³-hybridized carbons (Fsp3) is 0.476. The van der Waals surface area contributed by atoms with Gasteiger partial charge in [0.25, 0.3) is 0 Å². The van der Waals surface area contributed by atoms with Gasteiger partial charge in [-0.1, -0.05) is 29.3 Å². The predicted octanol–water partition coefficient (Wildman–Crippen LogP) is 5.21. The number of carbonyl (C=O) groups is 1.